The third-order valence-electron chi connectivity index (χ3n) is 4.32. The zero-order valence-corrected chi connectivity index (χ0v) is 17.4. The molecule has 5 nitrogen and oxygen atoms in total. The van der Waals surface area contributed by atoms with E-state index in [1.807, 2.05) is 6.92 Å². The lowest BCUT2D eigenvalue weighted by Gasteiger charge is -2.31. The first-order chi connectivity index (χ1) is 11.9. The highest BCUT2D eigenvalue weighted by molar-refractivity contribution is 6.35. The predicted molar refractivity (Wildman–Crippen MR) is 109 cm³/mol. The molecule has 2 amide bonds. The molecular weight excluding hydrogens is 397 g/mol. The molecule has 0 unspecified atom stereocenters. The number of anilines is 1. The van der Waals surface area contributed by atoms with Gasteiger partial charge < -0.3 is 15.5 Å². The summed E-state index contributed by atoms with van der Waals surface area (Å²) in [6, 6.07) is 5.21. The second kappa shape index (κ2) is 11.0. The highest BCUT2D eigenvalue weighted by Gasteiger charge is 2.29. The maximum Gasteiger partial charge on any atom is 0.244 e. The second-order valence-corrected chi connectivity index (χ2v) is 7.35. The van der Waals surface area contributed by atoms with Crippen LogP contribution in [0.1, 0.15) is 33.1 Å². The first-order valence-electron chi connectivity index (χ1n) is 8.67. The monoisotopic (exact) mass is 421 g/mol. The summed E-state index contributed by atoms with van der Waals surface area (Å²) in [5.41, 5.74) is 0.457. The van der Waals surface area contributed by atoms with Gasteiger partial charge in [-0.3, -0.25) is 9.59 Å². The van der Waals surface area contributed by atoms with Gasteiger partial charge in [-0.1, -0.05) is 30.1 Å². The molecule has 1 heterocycles. The summed E-state index contributed by atoms with van der Waals surface area (Å²) < 4.78 is 0. The predicted octanol–water partition coefficient (Wildman–Crippen LogP) is 3.98. The molecule has 2 N–H and O–H groups in total. The number of piperidine rings is 1. The smallest absolute Gasteiger partial charge is 0.244 e. The highest BCUT2D eigenvalue weighted by atomic mass is 35.5. The van der Waals surface area contributed by atoms with Crippen LogP contribution in [0.4, 0.5) is 5.69 Å². The van der Waals surface area contributed by atoms with Crippen molar-refractivity contribution in [3.05, 3.63) is 28.2 Å². The molecule has 2 rings (SSSR count). The van der Waals surface area contributed by atoms with E-state index in [1.165, 1.54) is 0 Å². The van der Waals surface area contributed by atoms with Crippen LogP contribution < -0.4 is 10.6 Å². The third-order valence-corrected chi connectivity index (χ3v) is 4.88. The lowest BCUT2D eigenvalue weighted by molar-refractivity contribution is -0.139. The second-order valence-electron chi connectivity index (χ2n) is 6.51. The minimum absolute atomic E-state index is 0. The Morgan fingerprint density at radius 1 is 1.35 bits per heavy atom. The molecule has 0 aromatic heterocycles. The standard InChI is InChI=1S/C18H25Cl2N3O2.ClH/c1-3-8-23(18(25)13-6-7-21-12(2)9-13)11-17(24)22-16-10-14(19)4-5-15(16)20;/h4-5,10,12-13,21H,3,6-9,11H2,1-2H3,(H,22,24);1H/t12-,13-;/m0./s1. The topological polar surface area (TPSA) is 61.4 Å². The van der Waals surface area contributed by atoms with E-state index >= 15 is 0 Å². The minimum atomic E-state index is -0.270. The molecule has 0 spiro atoms. The van der Waals surface area contributed by atoms with Crippen LogP contribution in [0, 0.1) is 5.92 Å². The SMILES string of the molecule is CCCN(CC(=O)Nc1cc(Cl)ccc1Cl)C(=O)[C@H]1CCN[C@@H](C)C1.Cl. The Balaban J connectivity index is 0.00000338. The van der Waals surface area contributed by atoms with Crippen LogP contribution in [0.25, 0.3) is 0 Å². The molecular formula is C18H26Cl3N3O2. The summed E-state index contributed by atoms with van der Waals surface area (Å²) in [6.45, 7) is 5.50. The quantitative estimate of drug-likeness (QED) is 0.729. The number of nitrogens with one attached hydrogen (secondary N) is 2. The highest BCUT2D eigenvalue weighted by Crippen LogP contribution is 2.25. The summed E-state index contributed by atoms with van der Waals surface area (Å²) in [4.78, 5) is 26.9. The Labute approximate surface area is 171 Å². The van der Waals surface area contributed by atoms with Crippen LogP contribution in [-0.4, -0.2) is 42.4 Å². The van der Waals surface area contributed by atoms with E-state index in [9.17, 15) is 9.59 Å². The van der Waals surface area contributed by atoms with Gasteiger partial charge in [-0.15, -0.1) is 12.4 Å². The lowest BCUT2D eigenvalue weighted by Crippen LogP contribution is -2.46. The molecule has 0 saturated carbocycles. The van der Waals surface area contributed by atoms with Crippen LogP contribution in [0.3, 0.4) is 0 Å². The molecule has 1 fully saturated rings. The number of amides is 2. The molecule has 1 saturated heterocycles. The molecule has 1 aliphatic rings. The average Bonchev–Trinajstić information content (AvgIpc) is 2.57. The third kappa shape index (κ3) is 6.62. The van der Waals surface area contributed by atoms with Crippen LogP contribution in [-0.2, 0) is 9.59 Å². The Morgan fingerprint density at radius 3 is 2.73 bits per heavy atom. The number of carbonyl (C=O) groups is 2. The van der Waals surface area contributed by atoms with Gasteiger partial charge in [0.2, 0.25) is 11.8 Å². The fourth-order valence-electron chi connectivity index (χ4n) is 3.11. The van der Waals surface area contributed by atoms with Gasteiger partial charge in [0.1, 0.15) is 0 Å². The molecule has 0 aliphatic carbocycles. The van der Waals surface area contributed by atoms with Crippen LogP contribution in [0.5, 0.6) is 0 Å². The van der Waals surface area contributed by atoms with Gasteiger partial charge in [-0.05, 0) is 50.9 Å². The van der Waals surface area contributed by atoms with Crippen molar-refractivity contribution in [2.45, 2.75) is 39.2 Å². The maximum atomic E-state index is 12.8. The van der Waals surface area contributed by atoms with E-state index in [0.717, 1.165) is 25.8 Å². The van der Waals surface area contributed by atoms with E-state index in [4.69, 9.17) is 23.2 Å². The summed E-state index contributed by atoms with van der Waals surface area (Å²) >= 11 is 12.0. The van der Waals surface area contributed by atoms with Crippen molar-refractivity contribution >= 4 is 53.1 Å². The first kappa shape index (κ1) is 23.0. The molecule has 146 valence electrons. The van der Waals surface area contributed by atoms with Gasteiger partial charge >= 0.3 is 0 Å². The molecule has 2 atom stereocenters. The van der Waals surface area contributed by atoms with Crippen LogP contribution in [0.2, 0.25) is 10.0 Å². The average molecular weight is 423 g/mol. The normalized spacial score (nSPS) is 19.4. The van der Waals surface area contributed by atoms with Gasteiger partial charge in [0.25, 0.3) is 0 Å². The lowest BCUT2D eigenvalue weighted by atomic mass is 9.92. The largest absolute Gasteiger partial charge is 0.333 e. The molecule has 0 radical (unpaired) electrons. The Kier molecular flexibility index (Phi) is 9.72. The van der Waals surface area contributed by atoms with E-state index in [2.05, 4.69) is 17.6 Å². The van der Waals surface area contributed by atoms with E-state index < -0.39 is 0 Å². The van der Waals surface area contributed by atoms with Crippen molar-refractivity contribution in [3.8, 4) is 0 Å². The van der Waals surface area contributed by atoms with Gasteiger partial charge in [0.15, 0.2) is 0 Å². The number of halogens is 3. The Bertz CT molecular complexity index is 628. The van der Waals surface area contributed by atoms with Gasteiger partial charge in [0, 0.05) is 23.5 Å². The zero-order valence-electron chi connectivity index (χ0n) is 15.1. The van der Waals surface area contributed by atoms with E-state index in [0.29, 0.717) is 28.3 Å². The number of benzene rings is 1. The minimum Gasteiger partial charge on any atom is -0.333 e. The van der Waals surface area contributed by atoms with Crippen molar-refractivity contribution in [1.82, 2.24) is 10.2 Å². The van der Waals surface area contributed by atoms with Crippen LogP contribution >= 0.6 is 35.6 Å². The summed E-state index contributed by atoms with van der Waals surface area (Å²) in [7, 11) is 0. The molecule has 1 aromatic rings. The van der Waals surface area contributed by atoms with Crippen LogP contribution in [0.15, 0.2) is 18.2 Å². The van der Waals surface area contributed by atoms with Gasteiger partial charge in [-0.2, -0.15) is 0 Å². The fraction of sp³-hybridized carbons (Fsp3) is 0.556. The number of nitrogens with zero attached hydrogens (tertiary/aromatic N) is 1. The Morgan fingerprint density at radius 2 is 2.08 bits per heavy atom. The number of hydrogen-bond donors (Lipinski definition) is 2. The van der Waals surface area contributed by atoms with E-state index in [1.54, 1.807) is 23.1 Å². The van der Waals surface area contributed by atoms with Crippen molar-refractivity contribution in [1.29, 1.82) is 0 Å². The van der Waals surface area contributed by atoms with E-state index in [-0.39, 0.29) is 36.7 Å². The van der Waals surface area contributed by atoms with Gasteiger partial charge in [0.05, 0.1) is 17.3 Å². The number of hydrogen-bond acceptors (Lipinski definition) is 3. The zero-order chi connectivity index (χ0) is 18.4. The molecule has 1 aromatic carbocycles. The summed E-state index contributed by atoms with van der Waals surface area (Å²) in [5.74, 6) is -0.235. The number of carbonyl (C=O) groups excluding carboxylic acids is 2. The summed E-state index contributed by atoms with van der Waals surface area (Å²) in [5, 5.41) is 7.00. The summed E-state index contributed by atoms with van der Waals surface area (Å²) in [6.07, 6.45) is 2.42. The fourth-order valence-corrected chi connectivity index (χ4v) is 3.44. The van der Waals surface area contributed by atoms with Crippen molar-refractivity contribution in [2.75, 3.05) is 25.0 Å². The number of rotatable bonds is 6. The molecule has 1 aliphatic heterocycles. The molecule has 26 heavy (non-hydrogen) atoms. The Hall–Kier alpha value is -1.01. The van der Waals surface area contributed by atoms with Crippen molar-refractivity contribution in [3.63, 3.8) is 0 Å². The van der Waals surface area contributed by atoms with Crippen molar-refractivity contribution in [2.24, 2.45) is 5.92 Å². The maximum absolute atomic E-state index is 12.8. The molecule has 0 bridgehead atoms. The molecule has 8 heteroatoms. The van der Waals surface area contributed by atoms with Gasteiger partial charge in [-0.25, -0.2) is 0 Å². The van der Waals surface area contributed by atoms with Crippen molar-refractivity contribution < 1.29 is 9.59 Å². The first-order valence-corrected chi connectivity index (χ1v) is 9.43.